The fourth-order valence-electron chi connectivity index (χ4n) is 9.36. The van der Waals surface area contributed by atoms with Crippen molar-refractivity contribution in [2.75, 3.05) is 13.7 Å². The Bertz CT molecular complexity index is 1740. The Kier molecular flexibility index (Phi) is 8.35. The monoisotopic (exact) mass is 649 g/mol. The maximum atomic E-state index is 11.4. The molecule has 0 bridgehead atoms. The zero-order valence-corrected chi connectivity index (χ0v) is 27.3. The number of nitrogens with one attached hydrogen (secondary N) is 1. The molecule has 1 saturated carbocycles. The van der Waals surface area contributed by atoms with E-state index in [1.165, 1.54) is 18.2 Å². The number of hydrogen-bond acceptors (Lipinski definition) is 7. The fourth-order valence-corrected chi connectivity index (χ4v) is 9.36. The van der Waals surface area contributed by atoms with E-state index in [0.717, 1.165) is 49.8 Å². The van der Waals surface area contributed by atoms with Gasteiger partial charge in [-0.2, -0.15) is 12.4 Å². The summed E-state index contributed by atoms with van der Waals surface area (Å²) in [5, 5.41) is 47.6. The van der Waals surface area contributed by atoms with Crippen molar-refractivity contribution < 1.29 is 29.9 Å². The molecule has 2 aliphatic heterocycles. The van der Waals surface area contributed by atoms with E-state index >= 15 is 0 Å². The van der Waals surface area contributed by atoms with Gasteiger partial charge in [-0.05, 0) is 85.1 Å². The topological polar surface area (TPSA) is 126 Å². The molecule has 252 valence electrons. The lowest BCUT2D eigenvalue weighted by Crippen LogP contribution is -2.44. The van der Waals surface area contributed by atoms with E-state index in [9.17, 15) is 20.4 Å². The molecule has 5 aliphatic rings. The minimum atomic E-state index is -0.559. The molecule has 8 nitrogen and oxygen atoms in total. The van der Waals surface area contributed by atoms with Crippen LogP contribution in [0.4, 0.5) is 0 Å². The van der Waals surface area contributed by atoms with Crippen LogP contribution < -0.4 is 15.0 Å². The molecule has 8 rings (SSSR count). The van der Waals surface area contributed by atoms with E-state index < -0.39 is 12.2 Å². The Morgan fingerprint density at radius 2 is 1.90 bits per heavy atom. The zero-order chi connectivity index (χ0) is 32.9. The summed E-state index contributed by atoms with van der Waals surface area (Å²) in [6.45, 7) is 0.922. The number of aromatic nitrogens is 1. The summed E-state index contributed by atoms with van der Waals surface area (Å²) in [4.78, 5) is 4.19. The summed E-state index contributed by atoms with van der Waals surface area (Å²) < 4.78 is 12.4. The maximum absolute atomic E-state index is 11.4. The normalized spacial score (nSPS) is 32.5. The van der Waals surface area contributed by atoms with Gasteiger partial charge >= 0.3 is 0 Å². The number of nitrogens with zero attached hydrogens (tertiary/aromatic N) is 1. The molecule has 9 unspecified atom stereocenters. The van der Waals surface area contributed by atoms with Crippen LogP contribution in [0.2, 0.25) is 0 Å². The van der Waals surface area contributed by atoms with Gasteiger partial charge in [0.1, 0.15) is 5.75 Å². The van der Waals surface area contributed by atoms with Crippen LogP contribution in [0.15, 0.2) is 78.7 Å². The van der Waals surface area contributed by atoms with E-state index in [4.69, 9.17) is 9.47 Å². The molecule has 0 radical (unpaired) electrons. The summed E-state index contributed by atoms with van der Waals surface area (Å²) in [6, 6.07) is 10.0. The van der Waals surface area contributed by atoms with E-state index in [1.807, 2.05) is 12.1 Å². The molecule has 48 heavy (non-hydrogen) atoms. The highest BCUT2D eigenvalue weighted by Crippen LogP contribution is 2.51. The van der Waals surface area contributed by atoms with Crippen molar-refractivity contribution in [3.8, 4) is 23.0 Å². The Hall–Kier alpha value is -3.98. The van der Waals surface area contributed by atoms with Crippen molar-refractivity contribution in [1.82, 2.24) is 10.3 Å². The van der Waals surface area contributed by atoms with Gasteiger partial charge in [0.25, 0.3) is 0 Å². The van der Waals surface area contributed by atoms with Gasteiger partial charge in [0, 0.05) is 42.0 Å². The maximum Gasteiger partial charge on any atom is 0.200 e. The lowest BCUT2D eigenvalue weighted by Gasteiger charge is -2.45. The molecule has 5 N–H and O–H groups in total. The van der Waals surface area contributed by atoms with Crippen molar-refractivity contribution in [2.45, 2.75) is 81.1 Å². The number of rotatable bonds is 6. The first-order chi connectivity index (χ1) is 23.4. The first-order valence-electron chi connectivity index (χ1n) is 17.5. The zero-order valence-electron chi connectivity index (χ0n) is 27.3. The summed E-state index contributed by atoms with van der Waals surface area (Å²) in [6.07, 6.45) is 19.3. The number of aliphatic hydroxyl groups is 1. The third-order valence-electron chi connectivity index (χ3n) is 11.8. The van der Waals surface area contributed by atoms with Gasteiger partial charge < -0.3 is 40.2 Å². The van der Waals surface area contributed by atoms with Gasteiger partial charge in [0.15, 0.2) is 11.5 Å². The summed E-state index contributed by atoms with van der Waals surface area (Å²) in [7, 11) is 1.48. The average Bonchev–Trinajstić information content (AvgIpc) is 3.62. The van der Waals surface area contributed by atoms with Crippen LogP contribution >= 0.6 is 0 Å². The van der Waals surface area contributed by atoms with Crippen LogP contribution in [-0.4, -0.2) is 52.3 Å². The van der Waals surface area contributed by atoms with Gasteiger partial charge in [-0.1, -0.05) is 54.1 Å². The highest BCUT2D eigenvalue weighted by atomic mass is 16.5. The van der Waals surface area contributed by atoms with Gasteiger partial charge in [-0.25, -0.2) is 0 Å². The molecule has 2 aromatic carbocycles. The van der Waals surface area contributed by atoms with Crippen molar-refractivity contribution in [3.05, 3.63) is 106 Å². The van der Waals surface area contributed by atoms with Crippen molar-refractivity contribution in [1.29, 1.82) is 0 Å². The molecule has 3 aliphatic carbocycles. The largest absolute Gasteiger partial charge is 0.670 e. The lowest BCUT2D eigenvalue weighted by atomic mass is 9.65. The molecule has 1 aromatic heterocycles. The average molecular weight is 650 g/mol. The van der Waals surface area contributed by atoms with Crippen LogP contribution in [0.1, 0.15) is 84.3 Å². The van der Waals surface area contributed by atoms with Crippen molar-refractivity contribution in [2.24, 2.45) is 17.8 Å². The number of fused-ring (bicyclic) bond motifs is 3. The molecular formula is C40H45N2O6-. The highest BCUT2D eigenvalue weighted by molar-refractivity contribution is 5.59. The molecule has 9 atom stereocenters. The van der Waals surface area contributed by atoms with E-state index in [0.29, 0.717) is 47.6 Å². The molecule has 3 aromatic rings. The predicted octanol–water partition coefficient (Wildman–Crippen LogP) is 6.27. The second-order valence-corrected chi connectivity index (χ2v) is 14.4. The number of aliphatic hydroxyl groups excluding tert-OH is 1. The molecule has 3 heterocycles. The molecule has 0 spiro atoms. The first-order valence-corrected chi connectivity index (χ1v) is 17.5. The minimum Gasteiger partial charge on any atom is -0.670 e. The molecule has 8 heteroatoms. The molecule has 1 saturated heterocycles. The highest BCUT2D eigenvalue weighted by Gasteiger charge is 2.44. The Morgan fingerprint density at radius 3 is 2.73 bits per heavy atom. The van der Waals surface area contributed by atoms with E-state index in [1.54, 1.807) is 18.5 Å². The molecule has 0 amide bonds. The minimum absolute atomic E-state index is 0.0189. The quantitative estimate of drug-likeness (QED) is 0.156. The summed E-state index contributed by atoms with van der Waals surface area (Å²) in [5.74, 6) is 1.22. The number of methoxy groups -OCH3 is 1. The number of allylic oxidation sites excluding steroid dienone is 3. The number of aromatic hydroxyl groups is 3. The summed E-state index contributed by atoms with van der Waals surface area (Å²) >= 11 is 0. The smallest absolute Gasteiger partial charge is 0.200 e. The second kappa shape index (κ2) is 12.8. The standard InChI is InChI=1S/C40H45N2O6/c1-47-40-32(14-22-11-13-41-21-22)31(19-36(45)39(40)46)38-20-35(44)28-9-7-24(18-37(28)48-38)23-8-10-34(43)30(15-23)27-6-2-4-25-17-33-26(16-29(25)27)5-3-12-42-33/h2-3,5-6,8,10-11,13,15-16,19,21,24-25,27-29,33,35,37-38,42-46H,4,7,9,12,14,17-18,20H2,1H3/q-1. The molecule has 2 fully saturated rings. The number of phenols is 3. The Balaban J connectivity index is 1.06. The Labute approximate surface area is 281 Å². The summed E-state index contributed by atoms with van der Waals surface area (Å²) in [5.41, 5.74) is 5.93. The van der Waals surface area contributed by atoms with Gasteiger partial charge in [-0.3, -0.25) is 0 Å². The fraction of sp³-hybridized carbons (Fsp3) is 0.450. The number of hydrogen-bond donors (Lipinski definition) is 5. The van der Waals surface area contributed by atoms with E-state index in [-0.39, 0.29) is 41.1 Å². The lowest BCUT2D eigenvalue weighted by molar-refractivity contribution is -0.154. The number of phenolic OH excluding ortho intramolecular Hbond substituents is 3. The molecular weight excluding hydrogens is 604 g/mol. The van der Waals surface area contributed by atoms with Gasteiger partial charge in [0.05, 0.1) is 25.4 Å². The third kappa shape index (κ3) is 5.63. The van der Waals surface area contributed by atoms with Crippen LogP contribution in [0.3, 0.4) is 0 Å². The second-order valence-electron chi connectivity index (χ2n) is 14.4. The van der Waals surface area contributed by atoms with E-state index in [2.05, 4.69) is 52.8 Å². The van der Waals surface area contributed by atoms with Gasteiger partial charge in [0.2, 0.25) is 5.75 Å². The van der Waals surface area contributed by atoms with Crippen molar-refractivity contribution in [3.63, 3.8) is 0 Å². The number of ether oxygens (including phenoxy) is 2. The SMILES string of the molecule is COc1c(O)c(O)cc(C2CC(O)C3CCC(c4ccc(O)c(C5C=CCC6CC7NCC=CC7=CC65)c4)CC3O2)c1Cc1cc[n-]c1. The van der Waals surface area contributed by atoms with Crippen LogP contribution in [0.25, 0.3) is 0 Å². The third-order valence-corrected chi connectivity index (χ3v) is 11.8. The first kappa shape index (κ1) is 31.3. The predicted molar refractivity (Wildman–Crippen MR) is 182 cm³/mol. The van der Waals surface area contributed by atoms with Crippen molar-refractivity contribution >= 4 is 0 Å². The van der Waals surface area contributed by atoms with Crippen LogP contribution in [-0.2, 0) is 11.2 Å². The van der Waals surface area contributed by atoms with Crippen LogP contribution in [0.5, 0.6) is 23.0 Å². The van der Waals surface area contributed by atoms with Crippen LogP contribution in [0, 0.1) is 17.8 Å². The van der Waals surface area contributed by atoms with Gasteiger partial charge in [-0.15, -0.1) is 0 Å². The Morgan fingerprint density at radius 1 is 1.00 bits per heavy atom. The number of benzene rings is 2.